The summed E-state index contributed by atoms with van der Waals surface area (Å²) in [5.74, 6) is -3.95. The Morgan fingerprint density at radius 2 is 1.69 bits per heavy atom. The first-order valence-corrected chi connectivity index (χ1v) is 4.31. The van der Waals surface area contributed by atoms with Gasteiger partial charge in [-0.25, -0.2) is 0 Å². The van der Waals surface area contributed by atoms with Crippen LogP contribution in [-0.4, -0.2) is 46.6 Å². The molecule has 4 N–H and O–H groups in total. The van der Waals surface area contributed by atoms with E-state index in [1.807, 2.05) is 5.32 Å². The number of hydrogen-bond donors (Lipinski definition) is 4. The summed E-state index contributed by atoms with van der Waals surface area (Å²) in [4.78, 5) is 42.5. The van der Waals surface area contributed by atoms with E-state index in [1.54, 1.807) is 0 Å². The second-order valence-electron chi connectivity index (χ2n) is 2.96. The summed E-state index contributed by atoms with van der Waals surface area (Å²) in [5, 5.41) is 20.9. The number of hydrogen-bond acceptors (Lipinski definition) is 4. The number of carboxylic acids is 2. The molecule has 0 radical (unpaired) electrons. The van der Waals surface area contributed by atoms with Gasteiger partial charge in [-0.15, -0.1) is 0 Å². The Bertz CT molecular complexity index is 298. The Hall–Kier alpha value is -2.12. The number of rotatable bonds is 6. The summed E-state index contributed by atoms with van der Waals surface area (Å²) in [7, 11) is 0. The van der Waals surface area contributed by atoms with E-state index in [4.69, 9.17) is 10.2 Å². The molecule has 0 heterocycles. The predicted molar refractivity (Wildman–Crippen MR) is 50.5 cm³/mol. The first-order valence-electron chi connectivity index (χ1n) is 4.31. The van der Waals surface area contributed by atoms with Crippen LogP contribution >= 0.6 is 0 Å². The van der Waals surface area contributed by atoms with Gasteiger partial charge in [-0.1, -0.05) is 0 Å². The normalized spacial score (nSPS) is 11.3. The van der Waals surface area contributed by atoms with Gasteiger partial charge in [0.05, 0.1) is 6.42 Å². The first-order chi connectivity index (χ1) is 7.32. The molecular formula is C8H12N2O6. The average Bonchev–Trinajstić information content (AvgIpc) is 2.11. The lowest BCUT2D eigenvalue weighted by atomic mass is 10.2. The summed E-state index contributed by atoms with van der Waals surface area (Å²) < 4.78 is 0. The van der Waals surface area contributed by atoms with Gasteiger partial charge in [0.25, 0.3) is 0 Å². The minimum atomic E-state index is -1.27. The molecule has 0 bridgehead atoms. The van der Waals surface area contributed by atoms with Gasteiger partial charge >= 0.3 is 11.9 Å². The number of nitrogens with one attached hydrogen (secondary N) is 2. The maximum atomic E-state index is 11.3. The van der Waals surface area contributed by atoms with Gasteiger partial charge in [-0.05, 0) is 0 Å². The van der Waals surface area contributed by atoms with Gasteiger partial charge in [-0.2, -0.15) is 0 Å². The van der Waals surface area contributed by atoms with E-state index in [-0.39, 0.29) is 0 Å². The maximum Gasteiger partial charge on any atom is 0.322 e. The summed E-state index contributed by atoms with van der Waals surface area (Å²) >= 11 is 0. The van der Waals surface area contributed by atoms with Crippen LogP contribution in [0.3, 0.4) is 0 Å². The van der Waals surface area contributed by atoms with Crippen LogP contribution < -0.4 is 10.6 Å². The highest BCUT2D eigenvalue weighted by Crippen LogP contribution is 1.92. The fourth-order valence-electron chi connectivity index (χ4n) is 0.915. The van der Waals surface area contributed by atoms with Crippen molar-refractivity contribution in [1.29, 1.82) is 0 Å². The van der Waals surface area contributed by atoms with Crippen LogP contribution in [0.2, 0.25) is 0 Å². The van der Waals surface area contributed by atoms with Crippen LogP contribution in [-0.2, 0) is 19.2 Å². The summed E-state index contributed by atoms with van der Waals surface area (Å²) in [6, 6.07) is -1.27. The van der Waals surface area contributed by atoms with Gasteiger partial charge < -0.3 is 20.8 Å². The lowest BCUT2D eigenvalue weighted by Crippen LogP contribution is -2.48. The van der Waals surface area contributed by atoms with Gasteiger partial charge in [0.15, 0.2) is 0 Å². The van der Waals surface area contributed by atoms with Crippen LogP contribution in [0.1, 0.15) is 13.3 Å². The van der Waals surface area contributed by atoms with Crippen molar-refractivity contribution in [2.24, 2.45) is 0 Å². The van der Waals surface area contributed by atoms with Crippen molar-refractivity contribution in [3.05, 3.63) is 0 Å². The largest absolute Gasteiger partial charge is 0.481 e. The molecule has 1 atom stereocenters. The van der Waals surface area contributed by atoms with E-state index in [9.17, 15) is 19.2 Å². The fourth-order valence-corrected chi connectivity index (χ4v) is 0.915. The molecule has 1 unspecified atom stereocenters. The van der Waals surface area contributed by atoms with E-state index >= 15 is 0 Å². The number of carbonyl (C=O) groups excluding carboxylic acids is 2. The fraction of sp³-hybridized carbons (Fsp3) is 0.500. The Kier molecular flexibility index (Phi) is 5.53. The molecule has 0 fully saturated rings. The SMILES string of the molecule is CC(=O)NC(CC(=O)O)C(=O)NCC(=O)O. The first kappa shape index (κ1) is 13.9. The predicted octanol–water partition coefficient (Wildman–Crippen LogP) is -1.83. The second kappa shape index (κ2) is 6.38. The average molecular weight is 232 g/mol. The van der Waals surface area contributed by atoms with Gasteiger partial charge in [0.2, 0.25) is 11.8 Å². The van der Waals surface area contributed by atoms with E-state index in [1.165, 1.54) is 0 Å². The molecule has 0 rings (SSSR count). The molecule has 0 aliphatic heterocycles. The molecule has 0 aromatic carbocycles. The molecule has 8 heteroatoms. The molecule has 0 aromatic rings. The molecule has 2 amide bonds. The molecular weight excluding hydrogens is 220 g/mol. The molecule has 0 spiro atoms. The topological polar surface area (TPSA) is 133 Å². The van der Waals surface area contributed by atoms with Crippen molar-refractivity contribution in [3.8, 4) is 0 Å². The number of carbonyl (C=O) groups is 4. The summed E-state index contributed by atoms with van der Waals surface area (Å²) in [6.07, 6.45) is -0.606. The van der Waals surface area contributed by atoms with Crippen LogP contribution in [0.15, 0.2) is 0 Å². The summed E-state index contributed by atoms with van der Waals surface area (Å²) in [6.45, 7) is 0.494. The molecule has 0 aliphatic carbocycles. The third-order valence-corrected chi connectivity index (χ3v) is 1.49. The monoisotopic (exact) mass is 232 g/mol. The highest BCUT2D eigenvalue weighted by atomic mass is 16.4. The quantitative estimate of drug-likeness (QED) is 0.425. The Morgan fingerprint density at radius 1 is 1.12 bits per heavy atom. The Labute approximate surface area is 90.6 Å². The third kappa shape index (κ3) is 6.35. The van der Waals surface area contributed by atoms with Gasteiger partial charge in [-0.3, -0.25) is 19.2 Å². The van der Waals surface area contributed by atoms with E-state index in [2.05, 4.69) is 5.32 Å². The van der Waals surface area contributed by atoms with Crippen molar-refractivity contribution in [3.63, 3.8) is 0 Å². The van der Waals surface area contributed by atoms with Gasteiger partial charge in [0, 0.05) is 6.92 Å². The maximum absolute atomic E-state index is 11.3. The highest BCUT2D eigenvalue weighted by molar-refractivity contribution is 5.91. The lowest BCUT2D eigenvalue weighted by Gasteiger charge is -2.14. The molecule has 0 aromatic heterocycles. The lowest BCUT2D eigenvalue weighted by molar-refractivity contribution is -0.141. The molecule has 0 aliphatic rings. The second-order valence-corrected chi connectivity index (χ2v) is 2.96. The molecule has 16 heavy (non-hydrogen) atoms. The van der Waals surface area contributed by atoms with E-state index < -0.39 is 42.8 Å². The minimum absolute atomic E-state index is 0.572. The standard InChI is InChI=1S/C8H12N2O6/c1-4(11)10-5(2-6(12)13)8(16)9-3-7(14)15/h5H,2-3H2,1H3,(H,9,16)(H,10,11)(H,12,13)(H,14,15). The van der Waals surface area contributed by atoms with Crippen LogP contribution in [0.25, 0.3) is 0 Å². The molecule has 0 saturated heterocycles. The van der Waals surface area contributed by atoms with Crippen molar-refractivity contribution >= 4 is 23.8 Å². The van der Waals surface area contributed by atoms with Crippen LogP contribution in [0.4, 0.5) is 0 Å². The van der Waals surface area contributed by atoms with Crippen LogP contribution in [0.5, 0.6) is 0 Å². The highest BCUT2D eigenvalue weighted by Gasteiger charge is 2.22. The third-order valence-electron chi connectivity index (χ3n) is 1.49. The zero-order chi connectivity index (χ0) is 12.7. The van der Waals surface area contributed by atoms with Gasteiger partial charge in [0.1, 0.15) is 12.6 Å². The zero-order valence-electron chi connectivity index (χ0n) is 8.52. The number of amides is 2. The van der Waals surface area contributed by atoms with Crippen molar-refractivity contribution < 1.29 is 29.4 Å². The van der Waals surface area contributed by atoms with E-state index in [0.717, 1.165) is 6.92 Å². The van der Waals surface area contributed by atoms with Crippen molar-refractivity contribution in [2.75, 3.05) is 6.54 Å². The molecule has 90 valence electrons. The summed E-state index contributed by atoms with van der Waals surface area (Å²) in [5.41, 5.74) is 0. The molecule has 0 saturated carbocycles. The van der Waals surface area contributed by atoms with Crippen molar-refractivity contribution in [1.82, 2.24) is 10.6 Å². The Balaban J connectivity index is 4.36. The number of aliphatic carboxylic acids is 2. The minimum Gasteiger partial charge on any atom is -0.481 e. The van der Waals surface area contributed by atoms with E-state index in [0.29, 0.717) is 0 Å². The van der Waals surface area contributed by atoms with Crippen LogP contribution in [0, 0.1) is 0 Å². The zero-order valence-corrected chi connectivity index (χ0v) is 8.52. The smallest absolute Gasteiger partial charge is 0.322 e. The molecule has 8 nitrogen and oxygen atoms in total. The van der Waals surface area contributed by atoms with Crippen molar-refractivity contribution in [2.45, 2.75) is 19.4 Å². The Morgan fingerprint density at radius 3 is 2.06 bits per heavy atom. The number of carboxylic acid groups (broad SMARTS) is 2.